The fraction of sp³-hybridized carbons (Fsp3) is 0.875. The van der Waals surface area contributed by atoms with Gasteiger partial charge in [0.15, 0.2) is 0 Å². The van der Waals surface area contributed by atoms with E-state index in [2.05, 4.69) is 0 Å². The van der Waals surface area contributed by atoms with Gasteiger partial charge in [-0.15, -0.1) is 0 Å². The van der Waals surface area contributed by atoms with Crippen LogP contribution in [0.15, 0.2) is 0 Å². The number of hydrogen-bond acceptors (Lipinski definition) is 1. The predicted octanol–water partition coefficient (Wildman–Crippen LogP) is 1.74. The SMILES string of the molecule is CN(C(=O)NCC(F)(F)F)C1CCC1. The summed E-state index contributed by atoms with van der Waals surface area (Å²) in [6.45, 7) is -1.26. The first kappa shape index (κ1) is 11.1. The van der Waals surface area contributed by atoms with Crippen molar-refractivity contribution in [3.05, 3.63) is 0 Å². The summed E-state index contributed by atoms with van der Waals surface area (Å²) in [5.74, 6) is 0. The number of rotatable bonds is 2. The van der Waals surface area contributed by atoms with Crippen LogP contribution in [-0.4, -0.2) is 36.7 Å². The van der Waals surface area contributed by atoms with Crippen LogP contribution < -0.4 is 5.32 Å². The molecule has 1 rings (SSSR count). The fourth-order valence-electron chi connectivity index (χ4n) is 1.24. The highest BCUT2D eigenvalue weighted by Crippen LogP contribution is 2.23. The summed E-state index contributed by atoms with van der Waals surface area (Å²) < 4.78 is 35.2. The van der Waals surface area contributed by atoms with Gasteiger partial charge >= 0.3 is 12.2 Å². The molecule has 0 aromatic carbocycles. The highest BCUT2D eigenvalue weighted by molar-refractivity contribution is 5.74. The number of hydrogen-bond donors (Lipinski definition) is 1. The van der Waals surface area contributed by atoms with Gasteiger partial charge in [-0.3, -0.25) is 0 Å². The van der Waals surface area contributed by atoms with Crippen LogP contribution in [0.3, 0.4) is 0 Å². The molecule has 6 heteroatoms. The zero-order valence-corrected chi connectivity index (χ0v) is 7.90. The quantitative estimate of drug-likeness (QED) is 0.739. The van der Waals surface area contributed by atoms with Gasteiger partial charge in [0, 0.05) is 13.1 Å². The molecule has 0 bridgehead atoms. The largest absolute Gasteiger partial charge is 0.405 e. The van der Waals surface area contributed by atoms with E-state index < -0.39 is 18.8 Å². The molecule has 0 aromatic heterocycles. The number of carbonyl (C=O) groups is 1. The lowest BCUT2D eigenvalue weighted by Gasteiger charge is -2.34. The molecule has 1 N–H and O–H groups in total. The van der Waals surface area contributed by atoms with Crippen LogP contribution in [0.25, 0.3) is 0 Å². The zero-order chi connectivity index (χ0) is 10.8. The van der Waals surface area contributed by atoms with Gasteiger partial charge in [0.25, 0.3) is 0 Å². The van der Waals surface area contributed by atoms with Crippen LogP contribution in [-0.2, 0) is 0 Å². The van der Waals surface area contributed by atoms with E-state index in [1.54, 1.807) is 0 Å². The summed E-state index contributed by atoms with van der Waals surface area (Å²) in [4.78, 5) is 12.5. The smallest absolute Gasteiger partial charge is 0.329 e. The van der Waals surface area contributed by atoms with Gasteiger partial charge in [-0.2, -0.15) is 13.2 Å². The molecule has 3 nitrogen and oxygen atoms in total. The van der Waals surface area contributed by atoms with Gasteiger partial charge in [0.2, 0.25) is 0 Å². The molecule has 1 saturated carbocycles. The third-order valence-corrected chi connectivity index (χ3v) is 2.38. The summed E-state index contributed by atoms with van der Waals surface area (Å²) >= 11 is 0. The van der Waals surface area contributed by atoms with E-state index in [-0.39, 0.29) is 6.04 Å². The van der Waals surface area contributed by atoms with Crippen molar-refractivity contribution in [1.82, 2.24) is 10.2 Å². The third kappa shape index (κ3) is 3.08. The van der Waals surface area contributed by atoms with Crippen molar-refractivity contribution in [2.24, 2.45) is 0 Å². The minimum atomic E-state index is -4.34. The Labute approximate surface area is 80.3 Å². The van der Waals surface area contributed by atoms with E-state index in [1.165, 1.54) is 11.9 Å². The predicted molar refractivity (Wildman–Crippen MR) is 44.9 cm³/mol. The molecule has 0 aromatic rings. The molecule has 0 spiro atoms. The average molecular weight is 210 g/mol. The van der Waals surface area contributed by atoms with Gasteiger partial charge in [-0.1, -0.05) is 0 Å². The lowest BCUT2D eigenvalue weighted by molar-refractivity contribution is -0.123. The maximum absolute atomic E-state index is 11.7. The topological polar surface area (TPSA) is 32.3 Å². The van der Waals surface area contributed by atoms with Crippen molar-refractivity contribution in [1.29, 1.82) is 0 Å². The van der Waals surface area contributed by atoms with Gasteiger partial charge < -0.3 is 10.2 Å². The molecule has 1 aliphatic carbocycles. The van der Waals surface area contributed by atoms with Gasteiger partial charge in [-0.05, 0) is 19.3 Å². The molecule has 0 atom stereocenters. The van der Waals surface area contributed by atoms with Gasteiger partial charge in [0.1, 0.15) is 6.54 Å². The lowest BCUT2D eigenvalue weighted by atomic mass is 9.92. The fourth-order valence-corrected chi connectivity index (χ4v) is 1.24. The van der Waals surface area contributed by atoms with Crippen LogP contribution in [0.4, 0.5) is 18.0 Å². The maximum atomic E-state index is 11.7. The summed E-state index contributed by atoms with van der Waals surface area (Å²) in [6, 6.07) is -0.532. The highest BCUT2D eigenvalue weighted by atomic mass is 19.4. The Morgan fingerprint density at radius 1 is 1.50 bits per heavy atom. The molecular weight excluding hydrogens is 197 g/mol. The molecule has 2 amide bonds. The van der Waals surface area contributed by atoms with E-state index in [1.807, 2.05) is 5.32 Å². The van der Waals surface area contributed by atoms with Crippen molar-refractivity contribution >= 4 is 6.03 Å². The summed E-state index contributed by atoms with van der Waals surface area (Å²) in [7, 11) is 1.52. The minimum Gasteiger partial charge on any atom is -0.329 e. The van der Waals surface area contributed by atoms with Gasteiger partial charge in [0.05, 0.1) is 0 Å². The standard InChI is InChI=1S/C8H13F3N2O/c1-13(6-3-2-4-6)7(14)12-5-8(9,10)11/h6H,2-5H2,1H3,(H,12,14). The maximum Gasteiger partial charge on any atom is 0.405 e. The Balaban J connectivity index is 2.27. The number of alkyl halides is 3. The van der Waals surface area contributed by atoms with Crippen molar-refractivity contribution in [3.8, 4) is 0 Å². The van der Waals surface area contributed by atoms with Gasteiger partial charge in [-0.25, -0.2) is 4.79 Å². The molecule has 0 saturated heterocycles. The molecule has 1 fully saturated rings. The van der Waals surface area contributed by atoms with E-state index in [9.17, 15) is 18.0 Å². The summed E-state index contributed by atoms with van der Waals surface area (Å²) in [6.07, 6.45) is -1.52. The molecule has 0 unspecified atom stereocenters. The number of urea groups is 1. The Kier molecular flexibility index (Phi) is 3.23. The Morgan fingerprint density at radius 2 is 2.07 bits per heavy atom. The monoisotopic (exact) mass is 210 g/mol. The number of nitrogens with zero attached hydrogens (tertiary/aromatic N) is 1. The number of halogens is 3. The van der Waals surface area contributed by atoms with Crippen molar-refractivity contribution in [3.63, 3.8) is 0 Å². The lowest BCUT2D eigenvalue weighted by Crippen LogP contribution is -2.48. The van der Waals surface area contributed by atoms with E-state index >= 15 is 0 Å². The second kappa shape index (κ2) is 4.06. The van der Waals surface area contributed by atoms with Crippen molar-refractivity contribution in [2.75, 3.05) is 13.6 Å². The van der Waals surface area contributed by atoms with Crippen LogP contribution in [0.1, 0.15) is 19.3 Å². The molecular formula is C8H13F3N2O. The average Bonchev–Trinajstić information content (AvgIpc) is 1.95. The second-order valence-electron chi connectivity index (χ2n) is 3.47. The molecule has 0 heterocycles. The second-order valence-corrected chi connectivity index (χ2v) is 3.47. The first-order valence-electron chi connectivity index (χ1n) is 4.47. The Hall–Kier alpha value is -0.940. The third-order valence-electron chi connectivity index (χ3n) is 2.38. The van der Waals surface area contributed by atoms with E-state index in [0.29, 0.717) is 0 Å². The number of nitrogens with one attached hydrogen (secondary N) is 1. The Morgan fingerprint density at radius 3 is 2.43 bits per heavy atom. The normalized spacial score (nSPS) is 17.4. The number of carbonyl (C=O) groups excluding carboxylic acids is 1. The van der Waals surface area contributed by atoms with Crippen molar-refractivity contribution < 1.29 is 18.0 Å². The molecule has 0 radical (unpaired) electrons. The van der Waals surface area contributed by atoms with E-state index in [4.69, 9.17) is 0 Å². The van der Waals surface area contributed by atoms with Crippen LogP contribution in [0.2, 0.25) is 0 Å². The van der Waals surface area contributed by atoms with Crippen molar-refractivity contribution in [2.45, 2.75) is 31.5 Å². The van der Waals surface area contributed by atoms with Crippen LogP contribution >= 0.6 is 0 Å². The molecule has 1 aliphatic rings. The van der Waals surface area contributed by atoms with E-state index in [0.717, 1.165) is 19.3 Å². The Bertz CT molecular complexity index is 213. The first-order valence-corrected chi connectivity index (χ1v) is 4.47. The summed E-state index contributed by atoms with van der Waals surface area (Å²) in [5, 5.41) is 1.83. The van der Waals surface area contributed by atoms with Crippen LogP contribution in [0, 0.1) is 0 Å². The van der Waals surface area contributed by atoms with Crippen LogP contribution in [0.5, 0.6) is 0 Å². The first-order chi connectivity index (χ1) is 6.40. The number of amides is 2. The minimum absolute atomic E-state index is 0.114. The molecule has 82 valence electrons. The summed E-state index contributed by atoms with van der Waals surface area (Å²) in [5.41, 5.74) is 0. The molecule has 0 aliphatic heterocycles. The zero-order valence-electron chi connectivity index (χ0n) is 7.90. The highest BCUT2D eigenvalue weighted by Gasteiger charge is 2.30. The molecule has 14 heavy (non-hydrogen) atoms.